The number of rotatable bonds is 3. The molecule has 1 atom stereocenters. The molecule has 0 aromatic heterocycles. The van der Waals surface area contributed by atoms with E-state index in [1.165, 1.54) is 0 Å². The number of hydrogen-bond donors (Lipinski definition) is 1. The second-order valence-corrected chi connectivity index (χ2v) is 2.62. The second-order valence-electron chi connectivity index (χ2n) is 1.07. The zero-order valence-corrected chi connectivity index (χ0v) is 6.28. The molecule has 0 saturated heterocycles. The summed E-state index contributed by atoms with van der Waals surface area (Å²) in [6.45, 7) is 4.24. The van der Waals surface area contributed by atoms with E-state index in [1.54, 1.807) is 0 Å². The zero-order chi connectivity index (χ0) is 5.70. The van der Waals surface area contributed by atoms with Gasteiger partial charge in [-0.15, -0.1) is 4.52 Å². The third-order valence-corrected chi connectivity index (χ3v) is 1.59. The third kappa shape index (κ3) is 6.02. The molecule has 0 saturated carbocycles. The molecule has 0 fully saturated rings. The van der Waals surface area contributed by atoms with E-state index in [4.69, 9.17) is 4.52 Å². The van der Waals surface area contributed by atoms with Crippen molar-refractivity contribution in [2.24, 2.45) is 0 Å². The first-order chi connectivity index (χ1) is 3.31. The molecule has 0 radical (unpaired) electrons. The summed E-state index contributed by atoms with van der Waals surface area (Å²) in [5.74, 6) is 0. The van der Waals surface area contributed by atoms with Crippen LogP contribution in [0, 0.1) is 0 Å². The maximum absolute atomic E-state index is 10.3. The van der Waals surface area contributed by atoms with Crippen LogP contribution in [0.25, 0.3) is 0 Å². The van der Waals surface area contributed by atoms with Crippen molar-refractivity contribution in [3.05, 3.63) is 0 Å². The SMILES string of the molecule is CCO[P+](=O)CC.N. The molecule has 1 unspecified atom stereocenters. The molecule has 0 spiro atoms. The van der Waals surface area contributed by atoms with Gasteiger partial charge in [0, 0.05) is 0 Å². The van der Waals surface area contributed by atoms with Gasteiger partial charge in [-0.3, -0.25) is 0 Å². The predicted molar refractivity (Wildman–Crippen MR) is 34.8 cm³/mol. The molecule has 4 heteroatoms. The van der Waals surface area contributed by atoms with Crippen molar-refractivity contribution in [2.75, 3.05) is 12.8 Å². The Hall–Kier alpha value is 0.0200. The molecule has 0 heterocycles. The van der Waals surface area contributed by atoms with Gasteiger partial charge in [0.15, 0.2) is 6.16 Å². The van der Waals surface area contributed by atoms with E-state index in [2.05, 4.69) is 0 Å². The maximum atomic E-state index is 10.3. The first-order valence-electron chi connectivity index (χ1n) is 2.38. The van der Waals surface area contributed by atoms with E-state index in [0.717, 1.165) is 0 Å². The molecule has 0 aromatic rings. The molecule has 0 amide bonds. The summed E-state index contributed by atoms with van der Waals surface area (Å²) in [4.78, 5) is 0. The fourth-order valence-corrected chi connectivity index (χ4v) is 0.706. The van der Waals surface area contributed by atoms with Gasteiger partial charge >= 0.3 is 8.03 Å². The lowest BCUT2D eigenvalue weighted by Crippen LogP contribution is -1.76. The van der Waals surface area contributed by atoms with Crippen LogP contribution in [0.4, 0.5) is 0 Å². The Morgan fingerprint density at radius 1 is 1.50 bits per heavy atom. The minimum atomic E-state index is -1.33. The summed E-state index contributed by atoms with van der Waals surface area (Å²) < 4.78 is 15.0. The average molecular weight is 138 g/mol. The Balaban J connectivity index is 0. The van der Waals surface area contributed by atoms with Gasteiger partial charge in [-0.25, -0.2) is 0 Å². The van der Waals surface area contributed by atoms with Gasteiger partial charge in [0.05, 0.1) is 6.61 Å². The van der Waals surface area contributed by atoms with Crippen molar-refractivity contribution in [3.8, 4) is 0 Å². The van der Waals surface area contributed by atoms with Crippen LogP contribution in [0.5, 0.6) is 0 Å². The van der Waals surface area contributed by atoms with Crippen LogP contribution in [0.2, 0.25) is 0 Å². The Kier molecular flexibility index (Phi) is 9.57. The predicted octanol–water partition coefficient (Wildman–Crippen LogP) is 1.95. The minimum Gasteiger partial charge on any atom is -0.344 e. The summed E-state index contributed by atoms with van der Waals surface area (Å²) >= 11 is 0. The van der Waals surface area contributed by atoms with Gasteiger partial charge in [-0.05, 0) is 18.4 Å². The molecular formula is C4H13NO2P+. The van der Waals surface area contributed by atoms with Gasteiger partial charge in [0.1, 0.15) is 0 Å². The molecule has 0 aromatic carbocycles. The highest BCUT2D eigenvalue weighted by atomic mass is 31.1. The van der Waals surface area contributed by atoms with Gasteiger partial charge in [0.2, 0.25) is 0 Å². The van der Waals surface area contributed by atoms with Gasteiger partial charge in [0.25, 0.3) is 0 Å². The van der Waals surface area contributed by atoms with E-state index in [-0.39, 0.29) is 6.15 Å². The van der Waals surface area contributed by atoms with E-state index in [9.17, 15) is 4.57 Å². The average Bonchev–Trinajstić information content (AvgIpc) is 1.68. The van der Waals surface area contributed by atoms with Crippen LogP contribution in [0.15, 0.2) is 0 Å². The first kappa shape index (κ1) is 10.9. The van der Waals surface area contributed by atoms with Crippen molar-refractivity contribution in [1.29, 1.82) is 0 Å². The highest BCUT2D eigenvalue weighted by molar-refractivity contribution is 7.39. The zero-order valence-electron chi connectivity index (χ0n) is 5.39. The van der Waals surface area contributed by atoms with Crippen molar-refractivity contribution in [3.63, 3.8) is 0 Å². The lowest BCUT2D eigenvalue weighted by atomic mass is 10.9. The normalized spacial score (nSPS) is 10.0. The summed E-state index contributed by atoms with van der Waals surface area (Å²) in [6, 6.07) is 0. The topological polar surface area (TPSA) is 61.3 Å². The summed E-state index contributed by atoms with van der Waals surface area (Å²) in [5.41, 5.74) is 0. The Bertz CT molecular complexity index is 67.1. The standard InChI is InChI=1S/C4H10O2P.H3N/c1-3-6-7(5)4-2;/h3-4H2,1-2H3;1H3/q+1;. The fourth-order valence-electron chi connectivity index (χ4n) is 0.235. The maximum Gasteiger partial charge on any atom is 0.507 e. The highest BCUT2D eigenvalue weighted by Gasteiger charge is 2.08. The monoisotopic (exact) mass is 138 g/mol. The van der Waals surface area contributed by atoms with Crippen LogP contribution in [0.1, 0.15) is 13.8 Å². The molecule has 0 aliphatic rings. The van der Waals surface area contributed by atoms with Crippen molar-refractivity contribution in [1.82, 2.24) is 6.15 Å². The van der Waals surface area contributed by atoms with Crippen molar-refractivity contribution in [2.45, 2.75) is 13.8 Å². The summed E-state index contributed by atoms with van der Waals surface area (Å²) in [7, 11) is -1.33. The van der Waals surface area contributed by atoms with Gasteiger partial charge in [-0.2, -0.15) is 0 Å². The molecule has 3 N–H and O–H groups in total. The highest BCUT2D eigenvalue weighted by Crippen LogP contribution is 2.19. The van der Waals surface area contributed by atoms with Gasteiger partial charge < -0.3 is 6.15 Å². The van der Waals surface area contributed by atoms with Crippen LogP contribution in [-0.2, 0) is 9.09 Å². The second kappa shape index (κ2) is 7.02. The molecular weight excluding hydrogens is 125 g/mol. The summed E-state index contributed by atoms with van der Waals surface area (Å²) in [6.07, 6.45) is 0.628. The molecule has 0 bridgehead atoms. The van der Waals surface area contributed by atoms with Gasteiger partial charge in [-0.1, -0.05) is 0 Å². The van der Waals surface area contributed by atoms with Crippen LogP contribution in [0.3, 0.4) is 0 Å². The van der Waals surface area contributed by atoms with Crippen LogP contribution < -0.4 is 6.15 Å². The molecule has 0 aliphatic carbocycles. The number of hydrogen-bond acceptors (Lipinski definition) is 3. The lowest BCUT2D eigenvalue weighted by Gasteiger charge is -1.75. The summed E-state index contributed by atoms with van der Waals surface area (Å²) in [5, 5.41) is 0. The van der Waals surface area contributed by atoms with Crippen molar-refractivity contribution < 1.29 is 9.09 Å². The smallest absolute Gasteiger partial charge is 0.344 e. The van der Waals surface area contributed by atoms with E-state index < -0.39 is 8.03 Å². The lowest BCUT2D eigenvalue weighted by molar-refractivity contribution is 0.351. The Morgan fingerprint density at radius 3 is 2.12 bits per heavy atom. The van der Waals surface area contributed by atoms with E-state index in [1.807, 2.05) is 13.8 Å². The first-order valence-corrected chi connectivity index (χ1v) is 3.75. The quantitative estimate of drug-likeness (QED) is 0.606. The Labute approximate surface area is 50.9 Å². The molecule has 3 nitrogen and oxygen atoms in total. The largest absolute Gasteiger partial charge is 0.507 e. The molecule has 50 valence electrons. The van der Waals surface area contributed by atoms with E-state index in [0.29, 0.717) is 12.8 Å². The van der Waals surface area contributed by atoms with Crippen molar-refractivity contribution >= 4 is 8.03 Å². The minimum absolute atomic E-state index is 0. The third-order valence-electron chi connectivity index (χ3n) is 0.531. The molecule has 8 heavy (non-hydrogen) atoms. The molecule has 0 rings (SSSR count). The van der Waals surface area contributed by atoms with E-state index >= 15 is 0 Å². The Morgan fingerprint density at radius 2 is 2.00 bits per heavy atom. The van der Waals surface area contributed by atoms with Crippen LogP contribution in [-0.4, -0.2) is 12.8 Å². The van der Waals surface area contributed by atoms with Crippen LogP contribution >= 0.6 is 8.03 Å². The fraction of sp³-hybridized carbons (Fsp3) is 1.00. The molecule has 0 aliphatic heterocycles.